The number of carbonyl (C=O) groups is 2. The van der Waals surface area contributed by atoms with Crippen LogP contribution in [0.2, 0.25) is 0 Å². The molecule has 5 nitrogen and oxygen atoms in total. The number of anilines is 1. The van der Waals surface area contributed by atoms with E-state index < -0.39 is 0 Å². The number of hydrogen-bond donors (Lipinski definition) is 1. The zero-order valence-corrected chi connectivity index (χ0v) is 15.4. The van der Waals surface area contributed by atoms with Crippen molar-refractivity contribution in [1.29, 1.82) is 0 Å². The lowest BCUT2D eigenvalue weighted by Crippen LogP contribution is -2.17. The van der Waals surface area contributed by atoms with Gasteiger partial charge >= 0.3 is 0 Å². The van der Waals surface area contributed by atoms with Crippen molar-refractivity contribution in [3.05, 3.63) is 89.0 Å². The predicted molar refractivity (Wildman–Crippen MR) is 106 cm³/mol. The lowest BCUT2D eigenvalue weighted by atomic mass is 9.99. The number of amides is 1. The van der Waals surface area contributed by atoms with Gasteiger partial charge in [0.2, 0.25) is 12.7 Å². The summed E-state index contributed by atoms with van der Waals surface area (Å²) in [6.07, 6.45) is 0.170. The SMILES string of the molecule is Cc1ccc(NC(=O)Cc2ccc3c(c2)OCO3)c(C(=O)c2ccccc2)c1. The summed E-state index contributed by atoms with van der Waals surface area (Å²) >= 11 is 0. The van der Waals surface area contributed by atoms with Crippen LogP contribution >= 0.6 is 0 Å². The number of ketones is 1. The van der Waals surface area contributed by atoms with Crippen molar-refractivity contribution >= 4 is 17.4 Å². The zero-order valence-electron chi connectivity index (χ0n) is 15.4. The number of ether oxygens (including phenoxy) is 2. The Morgan fingerprint density at radius 1 is 0.929 bits per heavy atom. The molecule has 1 amide bonds. The minimum absolute atomic E-state index is 0.123. The van der Waals surface area contributed by atoms with Crippen molar-refractivity contribution < 1.29 is 19.1 Å². The van der Waals surface area contributed by atoms with Gasteiger partial charge in [0.25, 0.3) is 0 Å². The smallest absolute Gasteiger partial charge is 0.231 e. The molecule has 0 fully saturated rings. The highest BCUT2D eigenvalue weighted by Crippen LogP contribution is 2.32. The van der Waals surface area contributed by atoms with Gasteiger partial charge in [0.15, 0.2) is 17.3 Å². The summed E-state index contributed by atoms with van der Waals surface area (Å²) in [5, 5.41) is 2.87. The topological polar surface area (TPSA) is 64.6 Å². The van der Waals surface area contributed by atoms with Crippen LogP contribution in [-0.4, -0.2) is 18.5 Å². The largest absolute Gasteiger partial charge is 0.454 e. The number of fused-ring (bicyclic) bond motifs is 1. The summed E-state index contributed by atoms with van der Waals surface area (Å²) in [5.74, 6) is 0.992. The third-order valence-electron chi connectivity index (χ3n) is 4.53. The van der Waals surface area contributed by atoms with Crippen LogP contribution in [-0.2, 0) is 11.2 Å². The molecule has 1 aliphatic rings. The minimum atomic E-state index is -0.204. The molecule has 5 heteroatoms. The van der Waals surface area contributed by atoms with Crippen LogP contribution in [0.5, 0.6) is 11.5 Å². The molecule has 1 heterocycles. The van der Waals surface area contributed by atoms with E-state index in [1.165, 1.54) is 0 Å². The number of aryl methyl sites for hydroxylation is 1. The molecule has 0 saturated carbocycles. The van der Waals surface area contributed by atoms with Crippen LogP contribution in [0.15, 0.2) is 66.7 Å². The number of hydrogen-bond acceptors (Lipinski definition) is 4. The van der Waals surface area contributed by atoms with E-state index >= 15 is 0 Å². The molecule has 0 aliphatic carbocycles. The number of benzene rings is 3. The maximum absolute atomic E-state index is 12.9. The van der Waals surface area contributed by atoms with E-state index in [9.17, 15) is 9.59 Å². The Balaban J connectivity index is 1.54. The number of carbonyl (C=O) groups excluding carboxylic acids is 2. The quantitative estimate of drug-likeness (QED) is 0.683. The summed E-state index contributed by atoms with van der Waals surface area (Å²) in [4.78, 5) is 25.5. The normalized spacial score (nSPS) is 11.9. The summed E-state index contributed by atoms with van der Waals surface area (Å²) in [7, 11) is 0. The Kier molecular flexibility index (Phi) is 4.81. The Labute approximate surface area is 162 Å². The molecule has 3 aromatic carbocycles. The van der Waals surface area contributed by atoms with E-state index in [4.69, 9.17) is 9.47 Å². The fourth-order valence-electron chi connectivity index (χ4n) is 3.13. The third-order valence-corrected chi connectivity index (χ3v) is 4.53. The van der Waals surface area contributed by atoms with Crippen LogP contribution in [0.25, 0.3) is 0 Å². The number of rotatable bonds is 5. The molecule has 0 aromatic heterocycles. The van der Waals surface area contributed by atoms with Gasteiger partial charge in [-0.25, -0.2) is 0 Å². The van der Waals surface area contributed by atoms with Crippen LogP contribution in [0.3, 0.4) is 0 Å². The van der Waals surface area contributed by atoms with Crippen LogP contribution in [0.1, 0.15) is 27.0 Å². The van der Waals surface area contributed by atoms with Gasteiger partial charge in [-0.2, -0.15) is 0 Å². The van der Waals surface area contributed by atoms with E-state index in [0.717, 1.165) is 11.1 Å². The van der Waals surface area contributed by atoms with Gasteiger partial charge in [-0.15, -0.1) is 0 Å². The lowest BCUT2D eigenvalue weighted by molar-refractivity contribution is -0.115. The highest BCUT2D eigenvalue weighted by molar-refractivity contribution is 6.14. The Morgan fingerprint density at radius 3 is 2.54 bits per heavy atom. The van der Waals surface area contributed by atoms with Crippen LogP contribution in [0, 0.1) is 6.92 Å². The second-order valence-electron chi connectivity index (χ2n) is 6.66. The van der Waals surface area contributed by atoms with Gasteiger partial charge in [0, 0.05) is 11.1 Å². The monoisotopic (exact) mass is 373 g/mol. The van der Waals surface area contributed by atoms with E-state index in [2.05, 4.69) is 5.32 Å². The van der Waals surface area contributed by atoms with E-state index in [0.29, 0.717) is 28.3 Å². The Hall–Kier alpha value is -3.60. The first-order chi connectivity index (χ1) is 13.6. The summed E-state index contributed by atoms with van der Waals surface area (Å²) < 4.78 is 10.6. The Morgan fingerprint density at radius 2 is 1.71 bits per heavy atom. The molecule has 4 rings (SSSR count). The van der Waals surface area contributed by atoms with Crippen LogP contribution in [0.4, 0.5) is 5.69 Å². The maximum atomic E-state index is 12.9. The molecule has 3 aromatic rings. The van der Waals surface area contributed by atoms with E-state index in [1.807, 2.05) is 37.3 Å². The molecular formula is C23H19NO4. The van der Waals surface area contributed by atoms with Gasteiger partial charge in [0.1, 0.15) is 0 Å². The summed E-state index contributed by atoms with van der Waals surface area (Å²) in [6, 6.07) is 19.9. The van der Waals surface area contributed by atoms with Crippen molar-refractivity contribution in [2.24, 2.45) is 0 Å². The minimum Gasteiger partial charge on any atom is -0.454 e. The highest BCUT2D eigenvalue weighted by atomic mass is 16.7. The average Bonchev–Trinajstić information content (AvgIpc) is 3.17. The fourth-order valence-corrected chi connectivity index (χ4v) is 3.13. The summed E-state index contributed by atoms with van der Waals surface area (Å²) in [5.41, 5.74) is 3.33. The first-order valence-corrected chi connectivity index (χ1v) is 8.99. The van der Waals surface area contributed by atoms with Crippen molar-refractivity contribution in [3.63, 3.8) is 0 Å². The van der Waals surface area contributed by atoms with Crippen molar-refractivity contribution in [3.8, 4) is 11.5 Å². The van der Waals surface area contributed by atoms with Crippen molar-refractivity contribution in [2.45, 2.75) is 13.3 Å². The van der Waals surface area contributed by atoms with Crippen molar-refractivity contribution in [1.82, 2.24) is 0 Å². The van der Waals surface area contributed by atoms with Gasteiger partial charge in [-0.05, 0) is 36.8 Å². The average molecular weight is 373 g/mol. The molecule has 28 heavy (non-hydrogen) atoms. The van der Waals surface area contributed by atoms with Gasteiger partial charge in [0.05, 0.1) is 12.1 Å². The molecule has 0 saturated heterocycles. The first kappa shape index (κ1) is 17.8. The maximum Gasteiger partial charge on any atom is 0.231 e. The molecule has 140 valence electrons. The van der Waals surface area contributed by atoms with Gasteiger partial charge in [-0.1, -0.05) is 48.0 Å². The second kappa shape index (κ2) is 7.56. The molecule has 1 N–H and O–H groups in total. The standard InChI is InChI=1S/C23H19NO4/c1-15-7-9-19(18(11-15)23(26)17-5-3-2-4-6-17)24-22(25)13-16-8-10-20-21(12-16)28-14-27-20/h2-12H,13-14H2,1H3,(H,24,25). The van der Waals surface area contributed by atoms with Crippen LogP contribution < -0.4 is 14.8 Å². The molecule has 0 spiro atoms. The third kappa shape index (κ3) is 3.74. The molecule has 0 unspecified atom stereocenters. The van der Waals surface area contributed by atoms with Gasteiger partial charge in [-0.3, -0.25) is 9.59 Å². The second-order valence-corrected chi connectivity index (χ2v) is 6.66. The predicted octanol–water partition coefficient (Wildman–Crippen LogP) is 4.14. The molecular weight excluding hydrogens is 354 g/mol. The molecule has 0 radical (unpaired) electrons. The van der Waals surface area contributed by atoms with E-state index in [-0.39, 0.29) is 24.9 Å². The highest BCUT2D eigenvalue weighted by Gasteiger charge is 2.17. The lowest BCUT2D eigenvalue weighted by Gasteiger charge is -2.12. The molecule has 0 atom stereocenters. The first-order valence-electron chi connectivity index (χ1n) is 8.99. The van der Waals surface area contributed by atoms with Crippen molar-refractivity contribution in [2.75, 3.05) is 12.1 Å². The molecule has 1 aliphatic heterocycles. The van der Waals surface area contributed by atoms with Gasteiger partial charge < -0.3 is 14.8 Å². The number of nitrogens with one attached hydrogen (secondary N) is 1. The molecule has 0 bridgehead atoms. The fraction of sp³-hybridized carbons (Fsp3) is 0.130. The van der Waals surface area contributed by atoms with E-state index in [1.54, 1.807) is 36.4 Å². The Bertz CT molecular complexity index is 1040. The zero-order chi connectivity index (χ0) is 19.5. The summed E-state index contributed by atoms with van der Waals surface area (Å²) in [6.45, 7) is 2.11.